The van der Waals surface area contributed by atoms with Gasteiger partial charge in [-0.25, -0.2) is 4.39 Å². The van der Waals surface area contributed by atoms with E-state index in [1.807, 2.05) is 0 Å². The highest BCUT2D eigenvalue weighted by molar-refractivity contribution is 5.95. The number of carbonyl (C=O) groups is 1. The maximum atomic E-state index is 13.0. The Kier molecular flexibility index (Phi) is 5.66. The molecule has 2 aromatic rings. The summed E-state index contributed by atoms with van der Waals surface area (Å²) >= 11 is 0. The lowest BCUT2D eigenvalue weighted by molar-refractivity contribution is -0.384. The van der Waals surface area contributed by atoms with E-state index in [-0.39, 0.29) is 16.9 Å². The van der Waals surface area contributed by atoms with Crippen molar-refractivity contribution in [3.63, 3.8) is 0 Å². The van der Waals surface area contributed by atoms with Crippen molar-refractivity contribution in [3.05, 3.63) is 69.5 Å². The SMILES string of the molecule is CNC(=O)c1ccc(NC(C)C(O)c2ccc(F)cc2)c([N+](=O)[O-])c1. The number of aliphatic hydroxyl groups is 1. The number of aliphatic hydroxyl groups excluding tert-OH is 1. The van der Waals surface area contributed by atoms with Crippen molar-refractivity contribution in [3.8, 4) is 0 Å². The number of anilines is 1. The topological polar surface area (TPSA) is 104 Å². The summed E-state index contributed by atoms with van der Waals surface area (Å²) in [6.07, 6.45) is -1.00. The van der Waals surface area contributed by atoms with Crippen LogP contribution in [0.5, 0.6) is 0 Å². The maximum Gasteiger partial charge on any atom is 0.293 e. The van der Waals surface area contributed by atoms with Gasteiger partial charge in [0.25, 0.3) is 11.6 Å². The molecule has 0 saturated carbocycles. The predicted octanol–water partition coefficient (Wildman–Crippen LogP) is 2.63. The normalized spacial score (nSPS) is 13.0. The van der Waals surface area contributed by atoms with Gasteiger partial charge >= 0.3 is 0 Å². The highest BCUT2D eigenvalue weighted by Gasteiger charge is 2.22. The summed E-state index contributed by atoms with van der Waals surface area (Å²) in [4.78, 5) is 22.3. The Balaban J connectivity index is 2.24. The fourth-order valence-corrected chi connectivity index (χ4v) is 2.36. The molecule has 1 amide bonds. The highest BCUT2D eigenvalue weighted by Crippen LogP contribution is 2.28. The van der Waals surface area contributed by atoms with Crippen molar-refractivity contribution >= 4 is 17.3 Å². The minimum atomic E-state index is -1.00. The fraction of sp³-hybridized carbons (Fsp3) is 0.235. The van der Waals surface area contributed by atoms with Crippen LogP contribution >= 0.6 is 0 Å². The molecule has 0 saturated heterocycles. The first kappa shape index (κ1) is 18.3. The zero-order valence-electron chi connectivity index (χ0n) is 13.7. The van der Waals surface area contributed by atoms with Crippen molar-refractivity contribution in [2.75, 3.05) is 12.4 Å². The van der Waals surface area contributed by atoms with Gasteiger partial charge in [0, 0.05) is 18.7 Å². The number of hydrogen-bond acceptors (Lipinski definition) is 5. The molecule has 3 N–H and O–H groups in total. The molecule has 0 aliphatic carbocycles. The van der Waals surface area contributed by atoms with E-state index in [0.717, 1.165) is 6.07 Å². The number of nitrogens with zero attached hydrogens (tertiary/aromatic N) is 1. The van der Waals surface area contributed by atoms with Gasteiger partial charge in [-0.1, -0.05) is 12.1 Å². The molecule has 7 nitrogen and oxygen atoms in total. The van der Waals surface area contributed by atoms with E-state index in [0.29, 0.717) is 5.56 Å². The lowest BCUT2D eigenvalue weighted by Gasteiger charge is -2.21. The van der Waals surface area contributed by atoms with Crippen molar-refractivity contribution in [2.24, 2.45) is 0 Å². The number of halogens is 1. The quantitative estimate of drug-likeness (QED) is 0.550. The summed E-state index contributed by atoms with van der Waals surface area (Å²) in [7, 11) is 1.43. The summed E-state index contributed by atoms with van der Waals surface area (Å²) in [5.74, 6) is -0.856. The molecular weight excluding hydrogens is 329 g/mol. The fourth-order valence-electron chi connectivity index (χ4n) is 2.36. The molecule has 0 aliphatic rings. The van der Waals surface area contributed by atoms with Crippen LogP contribution in [0.15, 0.2) is 42.5 Å². The predicted molar refractivity (Wildman–Crippen MR) is 90.9 cm³/mol. The molecule has 0 radical (unpaired) electrons. The van der Waals surface area contributed by atoms with Gasteiger partial charge in [-0.3, -0.25) is 14.9 Å². The second kappa shape index (κ2) is 7.71. The summed E-state index contributed by atoms with van der Waals surface area (Å²) in [5.41, 5.74) is 0.531. The third-order valence-electron chi connectivity index (χ3n) is 3.75. The molecule has 0 bridgehead atoms. The summed E-state index contributed by atoms with van der Waals surface area (Å²) in [5, 5.41) is 26.9. The lowest BCUT2D eigenvalue weighted by atomic mass is 10.0. The lowest BCUT2D eigenvalue weighted by Crippen LogP contribution is -2.25. The Hall–Kier alpha value is -3.00. The average molecular weight is 347 g/mol. The Morgan fingerprint density at radius 3 is 2.44 bits per heavy atom. The molecular formula is C17H18FN3O4. The van der Waals surface area contributed by atoms with E-state index in [2.05, 4.69) is 10.6 Å². The molecule has 0 fully saturated rings. The molecule has 2 rings (SSSR count). The Labute approximate surface area is 143 Å². The second-order valence-corrected chi connectivity index (χ2v) is 5.50. The first-order valence-electron chi connectivity index (χ1n) is 7.54. The van der Waals surface area contributed by atoms with Crippen LogP contribution in [-0.2, 0) is 0 Å². The van der Waals surface area contributed by atoms with Crippen LogP contribution in [0.25, 0.3) is 0 Å². The number of nitrogens with one attached hydrogen (secondary N) is 2. The number of hydrogen-bond donors (Lipinski definition) is 3. The molecule has 2 unspecified atom stereocenters. The minimum Gasteiger partial charge on any atom is -0.386 e. The zero-order chi connectivity index (χ0) is 18.6. The number of carbonyl (C=O) groups excluding carboxylic acids is 1. The van der Waals surface area contributed by atoms with Gasteiger partial charge < -0.3 is 15.7 Å². The van der Waals surface area contributed by atoms with Crippen molar-refractivity contribution in [1.82, 2.24) is 5.32 Å². The monoisotopic (exact) mass is 347 g/mol. The van der Waals surface area contributed by atoms with Gasteiger partial charge in [-0.2, -0.15) is 0 Å². The van der Waals surface area contributed by atoms with Crippen LogP contribution in [0, 0.1) is 15.9 Å². The standard InChI is InChI=1S/C17H18FN3O4/c1-10(16(22)11-3-6-13(18)7-4-11)20-14-8-5-12(17(23)19-2)9-15(14)21(24)25/h3-10,16,20,22H,1-2H3,(H,19,23). The summed E-state index contributed by atoms with van der Waals surface area (Å²) in [6, 6.07) is 8.79. The van der Waals surface area contributed by atoms with Gasteiger partial charge in [-0.15, -0.1) is 0 Å². The molecule has 0 aliphatic heterocycles. The van der Waals surface area contributed by atoms with E-state index >= 15 is 0 Å². The number of nitro benzene ring substituents is 1. The van der Waals surface area contributed by atoms with Crippen molar-refractivity contribution < 1.29 is 19.2 Å². The summed E-state index contributed by atoms with van der Waals surface area (Å²) in [6.45, 7) is 1.64. The van der Waals surface area contributed by atoms with Gasteiger partial charge in [-0.05, 0) is 36.8 Å². The molecule has 132 valence electrons. The van der Waals surface area contributed by atoms with Crippen LogP contribution < -0.4 is 10.6 Å². The zero-order valence-corrected chi connectivity index (χ0v) is 13.7. The second-order valence-electron chi connectivity index (χ2n) is 5.50. The van der Waals surface area contributed by atoms with E-state index in [9.17, 15) is 24.4 Å². The smallest absolute Gasteiger partial charge is 0.293 e. The highest BCUT2D eigenvalue weighted by atomic mass is 19.1. The van der Waals surface area contributed by atoms with Gasteiger partial charge in [0.05, 0.1) is 17.1 Å². The van der Waals surface area contributed by atoms with Crippen LogP contribution in [0.4, 0.5) is 15.8 Å². The molecule has 2 aromatic carbocycles. The largest absolute Gasteiger partial charge is 0.386 e. The Morgan fingerprint density at radius 2 is 1.88 bits per heavy atom. The van der Waals surface area contributed by atoms with E-state index in [1.165, 1.54) is 43.4 Å². The number of benzene rings is 2. The third-order valence-corrected chi connectivity index (χ3v) is 3.75. The van der Waals surface area contributed by atoms with Gasteiger partial charge in [0.15, 0.2) is 0 Å². The molecule has 8 heteroatoms. The van der Waals surface area contributed by atoms with Crippen LogP contribution in [0.2, 0.25) is 0 Å². The maximum absolute atomic E-state index is 13.0. The average Bonchev–Trinajstić information content (AvgIpc) is 2.61. The van der Waals surface area contributed by atoms with Gasteiger partial charge in [0.1, 0.15) is 11.5 Å². The van der Waals surface area contributed by atoms with E-state index in [4.69, 9.17) is 0 Å². The molecule has 0 aromatic heterocycles. The molecule has 0 heterocycles. The first-order chi connectivity index (χ1) is 11.8. The Morgan fingerprint density at radius 1 is 1.24 bits per heavy atom. The molecule has 2 atom stereocenters. The van der Waals surface area contributed by atoms with E-state index < -0.39 is 28.8 Å². The Bertz CT molecular complexity index is 780. The van der Waals surface area contributed by atoms with E-state index in [1.54, 1.807) is 6.92 Å². The molecule has 0 spiro atoms. The minimum absolute atomic E-state index is 0.159. The molecule has 25 heavy (non-hydrogen) atoms. The van der Waals surface area contributed by atoms with Crippen LogP contribution in [0.3, 0.4) is 0 Å². The number of amides is 1. The van der Waals surface area contributed by atoms with Crippen LogP contribution in [0.1, 0.15) is 28.9 Å². The van der Waals surface area contributed by atoms with Crippen molar-refractivity contribution in [1.29, 1.82) is 0 Å². The third kappa shape index (κ3) is 4.30. The van der Waals surface area contributed by atoms with Gasteiger partial charge in [0.2, 0.25) is 0 Å². The van der Waals surface area contributed by atoms with Crippen LogP contribution in [-0.4, -0.2) is 29.0 Å². The van der Waals surface area contributed by atoms with Crippen molar-refractivity contribution in [2.45, 2.75) is 19.1 Å². The first-order valence-corrected chi connectivity index (χ1v) is 7.54. The number of nitro groups is 1. The summed E-state index contributed by atoms with van der Waals surface area (Å²) < 4.78 is 13.0. The number of rotatable bonds is 6.